The molecule has 0 unspecified atom stereocenters. The monoisotopic (exact) mass is 154 g/mol. The topological polar surface area (TPSA) is 0 Å². The highest BCUT2D eigenvalue weighted by Gasteiger charge is 0.936. The summed E-state index contributed by atoms with van der Waals surface area (Å²) in [5.74, 6) is 0. The molecule has 0 saturated carbocycles. The maximum Gasteiger partial charge on any atom is -0.0683 e. The fourth-order valence-corrected chi connectivity index (χ4v) is 0. The Balaban J connectivity index is -0.00000000225. The molecule has 0 fully saturated rings. The van der Waals surface area contributed by atoms with Gasteiger partial charge in [0.05, 0.1) is 0 Å². The molecule has 0 radical (unpaired) electrons. The van der Waals surface area contributed by atoms with Crippen LogP contribution in [0.3, 0.4) is 0 Å². The zero-order chi connectivity index (χ0) is 6.00. The molecule has 0 amide bonds. The van der Waals surface area contributed by atoms with E-state index in [9.17, 15) is 0 Å². The Morgan fingerprint density at radius 1 is 0.300 bits per heavy atom. The van der Waals surface area contributed by atoms with Gasteiger partial charge in [0.15, 0.2) is 0 Å². The van der Waals surface area contributed by atoms with Crippen LogP contribution in [-0.2, 0) is 0 Å². The minimum Gasteiger partial charge on any atom is -0.0776 e. The molecule has 0 aliphatic carbocycles. The molecule has 0 aliphatic heterocycles. The predicted octanol–water partition coefficient (Wildman–Crippen LogP) is 5.62. The van der Waals surface area contributed by atoms with Crippen molar-refractivity contribution in [1.29, 1.82) is 0 Å². The molecule has 0 bridgehead atoms. The zero-order valence-corrected chi connectivity index (χ0v) is 6.00. The van der Waals surface area contributed by atoms with Crippen LogP contribution in [0.1, 0.15) is 71.2 Å². The fraction of sp³-hybridized carbons (Fsp3) is 1.00. The van der Waals surface area contributed by atoms with E-state index >= 15 is 0 Å². The Hall–Kier alpha value is 0. The van der Waals surface area contributed by atoms with Gasteiger partial charge in [-0.1, -0.05) is 71.2 Å². The summed E-state index contributed by atoms with van der Waals surface area (Å²) in [7, 11) is 0. The van der Waals surface area contributed by atoms with Gasteiger partial charge in [-0.15, -0.1) is 0 Å². The smallest absolute Gasteiger partial charge is 0.0683 e. The van der Waals surface area contributed by atoms with Crippen LogP contribution in [0.4, 0.5) is 0 Å². The molecule has 0 atom stereocenters. The van der Waals surface area contributed by atoms with E-state index in [1.807, 2.05) is 41.5 Å². The molecule has 0 nitrogen and oxygen atoms in total. The Bertz CT molecular complexity index is 0. The van der Waals surface area contributed by atoms with Crippen LogP contribution in [0.2, 0.25) is 0 Å². The maximum absolute atomic E-state index is 2.00. The lowest BCUT2D eigenvalue weighted by atomic mass is 11.0. The summed E-state index contributed by atoms with van der Waals surface area (Å²) in [6.07, 6.45) is 0. The third kappa shape index (κ3) is 0. The van der Waals surface area contributed by atoms with E-state index in [0.29, 0.717) is 0 Å². The van der Waals surface area contributed by atoms with Crippen molar-refractivity contribution in [1.82, 2.24) is 0 Å². The van der Waals surface area contributed by atoms with E-state index in [4.69, 9.17) is 0 Å². The van der Waals surface area contributed by atoms with Gasteiger partial charge in [-0.25, -0.2) is 0 Å². The van der Waals surface area contributed by atoms with Gasteiger partial charge in [0.2, 0.25) is 0 Å². The third-order valence-electron chi connectivity index (χ3n) is 0. The Labute approximate surface area is 72.1 Å². The minimum atomic E-state index is 0. The molecule has 0 aromatic rings. The largest absolute Gasteiger partial charge is 0.0776 e. The first-order valence-electron chi connectivity index (χ1n) is 3.00. The lowest BCUT2D eigenvalue weighted by Gasteiger charge is -1.07. The van der Waals surface area contributed by atoms with Crippen LogP contribution >= 0.6 is 0 Å². The van der Waals surface area contributed by atoms with Crippen LogP contribution in [0, 0.1) is 0 Å². The second kappa shape index (κ2) is 0. The molecule has 0 heteroatoms. The molecule has 0 aliphatic rings. The van der Waals surface area contributed by atoms with Crippen molar-refractivity contribution in [3.8, 4) is 0 Å². The predicted molar refractivity (Wildman–Crippen MR) is 61.0 cm³/mol. The molecule has 0 spiro atoms. The Morgan fingerprint density at radius 2 is 0.300 bits per heavy atom. The molecule has 74 valence electrons. The van der Waals surface area contributed by atoms with E-state index in [0.717, 1.165) is 0 Å². The lowest BCUT2D eigenvalue weighted by molar-refractivity contribution is 1.50. The van der Waals surface area contributed by atoms with Gasteiger partial charge < -0.3 is 0 Å². The average Bonchev–Trinajstić information content (AvgIpc) is 1.81. The van der Waals surface area contributed by atoms with Gasteiger partial charge in [-0.2, -0.15) is 0 Å². The maximum atomic E-state index is 2.00. The molecular weight excluding hydrogens is 120 g/mol. The second-order valence-electron chi connectivity index (χ2n) is 0. The standard InChI is InChI=1S/3C2H6.4CH4/c3*1-2;;;;/h3*1-2H3;4*1H4. The summed E-state index contributed by atoms with van der Waals surface area (Å²) >= 11 is 0. The van der Waals surface area contributed by atoms with Crippen molar-refractivity contribution >= 4 is 0 Å². The first kappa shape index (κ1) is 90.0. The van der Waals surface area contributed by atoms with Crippen LogP contribution < -0.4 is 0 Å². The second-order valence-corrected chi connectivity index (χ2v) is 0. The molecule has 0 aromatic heterocycles. The van der Waals surface area contributed by atoms with Crippen molar-refractivity contribution in [2.75, 3.05) is 0 Å². The number of hydrogen-bond donors (Lipinski definition) is 0. The van der Waals surface area contributed by atoms with Crippen molar-refractivity contribution < 1.29 is 0 Å². The number of rotatable bonds is 0. The first-order chi connectivity index (χ1) is 3.00. The normalized spacial score (nSPS) is 1.80. The fourth-order valence-electron chi connectivity index (χ4n) is 0. The van der Waals surface area contributed by atoms with Gasteiger partial charge >= 0.3 is 0 Å². The summed E-state index contributed by atoms with van der Waals surface area (Å²) in [5, 5.41) is 0. The van der Waals surface area contributed by atoms with Crippen LogP contribution in [0.15, 0.2) is 0 Å². The molecule has 0 rings (SSSR count). The zero-order valence-electron chi connectivity index (χ0n) is 6.00. The summed E-state index contributed by atoms with van der Waals surface area (Å²) in [5.41, 5.74) is 0. The van der Waals surface area contributed by atoms with Crippen LogP contribution in [0.5, 0.6) is 0 Å². The van der Waals surface area contributed by atoms with Crippen LogP contribution in [0.25, 0.3) is 0 Å². The van der Waals surface area contributed by atoms with Gasteiger partial charge in [-0.3, -0.25) is 0 Å². The third-order valence-corrected chi connectivity index (χ3v) is 0. The molecule has 10 heavy (non-hydrogen) atoms. The highest BCUT2D eigenvalue weighted by Crippen LogP contribution is 1.15. The average molecular weight is 154 g/mol. The summed E-state index contributed by atoms with van der Waals surface area (Å²) in [6.45, 7) is 12.0. The van der Waals surface area contributed by atoms with Gasteiger partial charge in [0.1, 0.15) is 0 Å². The van der Waals surface area contributed by atoms with E-state index in [1.165, 1.54) is 0 Å². The van der Waals surface area contributed by atoms with E-state index in [2.05, 4.69) is 0 Å². The Morgan fingerprint density at radius 3 is 0.300 bits per heavy atom. The quantitative estimate of drug-likeness (QED) is 0.424. The van der Waals surface area contributed by atoms with Crippen molar-refractivity contribution in [2.24, 2.45) is 0 Å². The summed E-state index contributed by atoms with van der Waals surface area (Å²) < 4.78 is 0. The molecule has 0 N–H and O–H groups in total. The van der Waals surface area contributed by atoms with Crippen molar-refractivity contribution in [2.45, 2.75) is 71.2 Å². The molecule has 0 aromatic carbocycles. The van der Waals surface area contributed by atoms with E-state index in [-0.39, 0.29) is 29.7 Å². The van der Waals surface area contributed by atoms with Gasteiger partial charge in [0.25, 0.3) is 0 Å². The van der Waals surface area contributed by atoms with E-state index in [1.54, 1.807) is 0 Å². The molecule has 0 saturated heterocycles. The van der Waals surface area contributed by atoms with Crippen LogP contribution in [-0.4, -0.2) is 0 Å². The highest BCUT2D eigenvalue weighted by molar-refractivity contribution is 3.51. The number of hydrogen-bond acceptors (Lipinski definition) is 0. The minimum absolute atomic E-state index is 0. The first-order valence-corrected chi connectivity index (χ1v) is 3.00. The Kier molecular flexibility index (Phi) is 0. The van der Waals surface area contributed by atoms with E-state index < -0.39 is 0 Å². The SMILES string of the molecule is C.C.C.C.CC.CC.CC. The van der Waals surface area contributed by atoms with Gasteiger partial charge in [-0.05, 0) is 0 Å². The molecular formula is C10H34. The molecule has 0 heterocycles. The summed E-state index contributed by atoms with van der Waals surface area (Å²) in [4.78, 5) is 0. The van der Waals surface area contributed by atoms with Crippen molar-refractivity contribution in [3.63, 3.8) is 0 Å². The summed E-state index contributed by atoms with van der Waals surface area (Å²) in [6, 6.07) is 0. The van der Waals surface area contributed by atoms with Gasteiger partial charge in [0, 0.05) is 0 Å². The highest BCUT2D eigenvalue weighted by atomic mass is 13.0. The van der Waals surface area contributed by atoms with Crippen molar-refractivity contribution in [3.05, 3.63) is 0 Å². The lowest BCUT2D eigenvalue weighted by Crippen LogP contribution is -0.856.